The molecule has 3 aromatic rings. The maximum atomic E-state index is 13.3. The van der Waals surface area contributed by atoms with Crippen LogP contribution >= 0.6 is 11.3 Å². The molecule has 1 amide bonds. The van der Waals surface area contributed by atoms with Crippen LogP contribution in [0.1, 0.15) is 32.1 Å². The van der Waals surface area contributed by atoms with Gasteiger partial charge in [0.25, 0.3) is 0 Å². The number of benzene rings is 2. The van der Waals surface area contributed by atoms with Crippen LogP contribution in [0, 0.1) is 11.7 Å². The van der Waals surface area contributed by atoms with Crippen LogP contribution < -0.4 is 10.6 Å². The maximum absolute atomic E-state index is 13.3. The highest BCUT2D eigenvalue weighted by atomic mass is 32.1. The van der Waals surface area contributed by atoms with Crippen molar-refractivity contribution in [1.82, 2.24) is 4.98 Å². The molecule has 0 aliphatic heterocycles. The molecule has 1 fully saturated rings. The number of nitrogens with zero attached hydrogens (tertiary/aromatic N) is 1. The summed E-state index contributed by atoms with van der Waals surface area (Å²) < 4.78 is 13.3. The summed E-state index contributed by atoms with van der Waals surface area (Å²) in [6, 6.07) is 14.0. The molecular weight excluding hydrogens is 373 g/mol. The molecule has 4 rings (SSSR count). The lowest BCUT2D eigenvalue weighted by atomic mass is 9.88. The van der Waals surface area contributed by atoms with Gasteiger partial charge >= 0.3 is 0 Å². The molecule has 0 bridgehead atoms. The topological polar surface area (TPSA) is 54.0 Å². The molecule has 0 atom stereocenters. The van der Waals surface area contributed by atoms with Gasteiger partial charge in [-0.1, -0.05) is 37.5 Å². The molecule has 1 aromatic heterocycles. The molecule has 0 unspecified atom stereocenters. The minimum absolute atomic E-state index is 0.114. The van der Waals surface area contributed by atoms with E-state index >= 15 is 0 Å². The highest BCUT2D eigenvalue weighted by Gasteiger charge is 2.21. The van der Waals surface area contributed by atoms with E-state index in [1.807, 2.05) is 29.6 Å². The number of nitrogens with one attached hydrogen (secondary N) is 2. The van der Waals surface area contributed by atoms with E-state index in [0.29, 0.717) is 10.8 Å². The number of rotatable bonds is 5. The summed E-state index contributed by atoms with van der Waals surface area (Å²) in [6.45, 7) is 0. The second-order valence-corrected chi connectivity index (χ2v) is 7.94. The van der Waals surface area contributed by atoms with Crippen LogP contribution in [-0.2, 0) is 4.79 Å². The Morgan fingerprint density at radius 2 is 1.82 bits per heavy atom. The van der Waals surface area contributed by atoms with E-state index in [1.54, 1.807) is 12.1 Å². The van der Waals surface area contributed by atoms with Crippen molar-refractivity contribution in [1.29, 1.82) is 0 Å². The van der Waals surface area contributed by atoms with Crippen molar-refractivity contribution < 1.29 is 9.18 Å². The predicted molar refractivity (Wildman–Crippen MR) is 112 cm³/mol. The summed E-state index contributed by atoms with van der Waals surface area (Å²) in [5.41, 5.74) is 3.21. The number of carbonyl (C=O) groups is 1. The largest absolute Gasteiger partial charge is 0.331 e. The lowest BCUT2D eigenvalue weighted by Crippen LogP contribution is -2.24. The summed E-state index contributed by atoms with van der Waals surface area (Å²) in [5.74, 6) is -0.0504. The molecule has 2 N–H and O–H groups in total. The van der Waals surface area contributed by atoms with Crippen LogP contribution in [0.25, 0.3) is 11.3 Å². The van der Waals surface area contributed by atoms with Crippen molar-refractivity contribution in [3.05, 3.63) is 59.7 Å². The Morgan fingerprint density at radius 1 is 1.04 bits per heavy atom. The van der Waals surface area contributed by atoms with Crippen molar-refractivity contribution in [3.63, 3.8) is 0 Å². The molecule has 1 aliphatic rings. The first kappa shape index (κ1) is 18.6. The van der Waals surface area contributed by atoms with E-state index < -0.39 is 0 Å². The van der Waals surface area contributed by atoms with Crippen LogP contribution in [0.15, 0.2) is 53.9 Å². The zero-order chi connectivity index (χ0) is 19.3. The minimum atomic E-state index is -0.289. The van der Waals surface area contributed by atoms with Gasteiger partial charge in [-0.05, 0) is 43.2 Å². The Bertz CT molecular complexity index is 966. The molecule has 28 heavy (non-hydrogen) atoms. The third-order valence-corrected chi connectivity index (χ3v) is 5.74. The summed E-state index contributed by atoms with van der Waals surface area (Å²) in [7, 11) is 0. The average molecular weight is 396 g/mol. The highest BCUT2D eigenvalue weighted by molar-refractivity contribution is 7.14. The number of carbonyl (C=O) groups excluding carboxylic acids is 1. The Balaban J connectivity index is 1.45. The number of anilines is 3. The second-order valence-electron chi connectivity index (χ2n) is 7.08. The third-order valence-electron chi connectivity index (χ3n) is 4.98. The van der Waals surface area contributed by atoms with Gasteiger partial charge < -0.3 is 10.6 Å². The normalized spacial score (nSPS) is 14.6. The van der Waals surface area contributed by atoms with E-state index in [0.717, 1.165) is 42.6 Å². The molecule has 0 radical (unpaired) electrons. The Kier molecular flexibility index (Phi) is 5.67. The van der Waals surface area contributed by atoms with Crippen LogP contribution in [0.3, 0.4) is 0 Å². The average Bonchev–Trinajstić information content (AvgIpc) is 3.17. The molecule has 0 saturated heterocycles. The summed E-state index contributed by atoms with van der Waals surface area (Å²) in [6.07, 6.45) is 5.46. The van der Waals surface area contributed by atoms with Crippen LogP contribution in [-0.4, -0.2) is 10.9 Å². The zero-order valence-electron chi connectivity index (χ0n) is 15.5. The van der Waals surface area contributed by atoms with Crippen molar-refractivity contribution in [2.75, 3.05) is 10.6 Å². The maximum Gasteiger partial charge on any atom is 0.227 e. The van der Waals surface area contributed by atoms with Gasteiger partial charge in [0.05, 0.1) is 5.69 Å². The summed E-state index contributed by atoms with van der Waals surface area (Å²) in [5, 5.41) is 8.82. The lowest BCUT2D eigenvalue weighted by molar-refractivity contribution is -0.120. The van der Waals surface area contributed by atoms with Gasteiger partial charge in [0.2, 0.25) is 5.91 Å². The number of aromatic nitrogens is 1. The number of hydrogen-bond acceptors (Lipinski definition) is 4. The van der Waals surface area contributed by atoms with Crippen LogP contribution in [0.4, 0.5) is 20.9 Å². The SMILES string of the molecule is O=C(Nc1cccc(-c2csc(Nc3cccc(F)c3)n2)c1)C1CCCCC1. The molecule has 1 saturated carbocycles. The molecular formula is C22H22FN3OS. The van der Waals surface area contributed by atoms with E-state index in [4.69, 9.17) is 0 Å². The van der Waals surface area contributed by atoms with Gasteiger partial charge in [0, 0.05) is 28.2 Å². The molecule has 2 aromatic carbocycles. The Labute approximate surface area is 167 Å². The van der Waals surface area contributed by atoms with Gasteiger partial charge in [0.15, 0.2) is 5.13 Å². The quantitative estimate of drug-likeness (QED) is 0.540. The van der Waals surface area contributed by atoms with Crippen molar-refractivity contribution in [2.45, 2.75) is 32.1 Å². The van der Waals surface area contributed by atoms with Crippen molar-refractivity contribution >= 4 is 33.8 Å². The van der Waals surface area contributed by atoms with Crippen LogP contribution in [0.5, 0.6) is 0 Å². The molecule has 144 valence electrons. The van der Waals surface area contributed by atoms with Gasteiger partial charge in [0.1, 0.15) is 5.82 Å². The standard InChI is InChI=1S/C22H22FN3OS/c23-17-9-5-11-19(13-17)25-22-26-20(14-28-22)16-8-4-10-18(12-16)24-21(27)15-6-2-1-3-7-15/h4-5,8-15H,1-3,6-7H2,(H,24,27)(H,25,26). The first-order valence-corrected chi connectivity index (χ1v) is 10.4. The Hall–Kier alpha value is -2.73. The number of halogens is 1. The second kappa shape index (κ2) is 8.52. The highest BCUT2D eigenvalue weighted by Crippen LogP contribution is 2.30. The number of hydrogen-bond donors (Lipinski definition) is 2. The van der Waals surface area contributed by atoms with Crippen molar-refractivity contribution in [2.24, 2.45) is 5.92 Å². The lowest BCUT2D eigenvalue weighted by Gasteiger charge is -2.20. The molecule has 1 heterocycles. The van der Waals surface area contributed by atoms with Crippen molar-refractivity contribution in [3.8, 4) is 11.3 Å². The van der Waals surface area contributed by atoms with E-state index in [-0.39, 0.29) is 17.6 Å². The van der Waals surface area contributed by atoms with Gasteiger partial charge in [-0.2, -0.15) is 0 Å². The fraction of sp³-hybridized carbons (Fsp3) is 0.273. The predicted octanol–water partition coefficient (Wildman–Crippen LogP) is 6.21. The Morgan fingerprint density at radius 3 is 2.64 bits per heavy atom. The fourth-order valence-corrected chi connectivity index (χ4v) is 4.26. The summed E-state index contributed by atoms with van der Waals surface area (Å²) >= 11 is 1.46. The minimum Gasteiger partial charge on any atom is -0.331 e. The molecule has 4 nitrogen and oxygen atoms in total. The number of thiazole rings is 1. The fourth-order valence-electron chi connectivity index (χ4n) is 3.52. The van der Waals surface area contributed by atoms with Crippen LogP contribution in [0.2, 0.25) is 0 Å². The first-order chi connectivity index (χ1) is 13.7. The summed E-state index contributed by atoms with van der Waals surface area (Å²) in [4.78, 5) is 17.1. The smallest absolute Gasteiger partial charge is 0.227 e. The molecule has 0 spiro atoms. The number of amides is 1. The zero-order valence-corrected chi connectivity index (χ0v) is 16.3. The molecule has 6 heteroatoms. The van der Waals surface area contributed by atoms with Gasteiger partial charge in [-0.25, -0.2) is 9.37 Å². The van der Waals surface area contributed by atoms with Gasteiger partial charge in [-0.3, -0.25) is 4.79 Å². The monoisotopic (exact) mass is 395 g/mol. The molecule has 1 aliphatic carbocycles. The first-order valence-electron chi connectivity index (χ1n) is 9.57. The van der Waals surface area contributed by atoms with E-state index in [1.165, 1.54) is 29.9 Å². The van der Waals surface area contributed by atoms with E-state index in [2.05, 4.69) is 15.6 Å². The van der Waals surface area contributed by atoms with E-state index in [9.17, 15) is 9.18 Å². The van der Waals surface area contributed by atoms with Gasteiger partial charge in [-0.15, -0.1) is 11.3 Å². The third kappa shape index (κ3) is 4.57.